The third kappa shape index (κ3) is 2.87. The predicted octanol–water partition coefficient (Wildman–Crippen LogP) is -0.507. The van der Waals surface area contributed by atoms with Crippen LogP contribution in [0.2, 0.25) is 0 Å². The largest absolute Gasteiger partial charge is 0.481 e. The molecule has 0 spiro atoms. The van der Waals surface area contributed by atoms with Gasteiger partial charge >= 0.3 is 5.97 Å². The summed E-state index contributed by atoms with van der Waals surface area (Å²) in [6, 6.07) is 0. The van der Waals surface area contributed by atoms with Gasteiger partial charge in [0.05, 0.1) is 23.1 Å². The Kier molecular flexibility index (Phi) is 3.38. The van der Waals surface area contributed by atoms with Crippen molar-refractivity contribution in [3.05, 3.63) is 11.9 Å². The normalized spacial score (nSPS) is 23.9. The molecule has 2 unspecified atom stereocenters. The second-order valence-electron chi connectivity index (χ2n) is 4.70. The molecule has 2 heterocycles. The average molecular weight is 273 g/mol. The first kappa shape index (κ1) is 13.0. The molecule has 1 saturated heterocycles. The maximum atomic E-state index is 11.4. The third-order valence-electron chi connectivity index (χ3n) is 3.23. The Labute approximate surface area is 105 Å². The number of carbonyl (C=O) groups is 1. The molecule has 1 aliphatic rings. The lowest BCUT2D eigenvalue weighted by Gasteiger charge is -2.16. The van der Waals surface area contributed by atoms with Crippen LogP contribution in [0.25, 0.3) is 0 Å². The number of carboxylic acids is 1. The fourth-order valence-corrected chi connectivity index (χ4v) is 4.19. The van der Waals surface area contributed by atoms with E-state index < -0.39 is 21.7 Å². The van der Waals surface area contributed by atoms with Crippen molar-refractivity contribution in [1.82, 2.24) is 15.0 Å². The summed E-state index contributed by atoms with van der Waals surface area (Å²) in [5.74, 6) is -1.96. The Morgan fingerprint density at radius 1 is 1.67 bits per heavy atom. The lowest BCUT2D eigenvalue weighted by atomic mass is 9.88. The Bertz CT molecular complexity index is 551. The zero-order chi connectivity index (χ0) is 13.3. The summed E-state index contributed by atoms with van der Waals surface area (Å²) in [6.45, 7) is 0. The van der Waals surface area contributed by atoms with E-state index in [1.807, 2.05) is 0 Å². The van der Waals surface area contributed by atoms with Gasteiger partial charge in [-0.15, -0.1) is 5.10 Å². The van der Waals surface area contributed by atoms with Crippen LogP contribution in [0.3, 0.4) is 0 Å². The number of hydrogen-bond acceptors (Lipinski definition) is 5. The average Bonchev–Trinajstić information content (AvgIpc) is 2.81. The van der Waals surface area contributed by atoms with Crippen molar-refractivity contribution in [2.24, 2.45) is 18.9 Å². The monoisotopic (exact) mass is 273 g/mol. The van der Waals surface area contributed by atoms with Crippen LogP contribution in [-0.2, 0) is 28.1 Å². The zero-order valence-electron chi connectivity index (χ0n) is 9.98. The summed E-state index contributed by atoms with van der Waals surface area (Å²) in [7, 11) is -1.36. The van der Waals surface area contributed by atoms with E-state index in [9.17, 15) is 18.3 Å². The van der Waals surface area contributed by atoms with E-state index in [1.54, 1.807) is 13.2 Å². The van der Waals surface area contributed by atoms with Gasteiger partial charge in [0, 0.05) is 19.7 Å². The molecule has 8 heteroatoms. The molecule has 1 fully saturated rings. The molecule has 7 nitrogen and oxygen atoms in total. The first-order valence-electron chi connectivity index (χ1n) is 5.66. The standard InChI is InChI=1S/C10H15N3O4S/c1-13-5-8(11-12-13)4-9(10(14)15)7-2-3-18(16,17)6-7/h5,7,9H,2-4,6H2,1H3,(H,14,15). The first-order valence-corrected chi connectivity index (χ1v) is 7.48. The fourth-order valence-electron chi connectivity index (χ4n) is 2.31. The van der Waals surface area contributed by atoms with Gasteiger partial charge in [0.1, 0.15) is 0 Å². The molecule has 1 aliphatic heterocycles. The van der Waals surface area contributed by atoms with Crippen molar-refractivity contribution in [2.75, 3.05) is 11.5 Å². The van der Waals surface area contributed by atoms with Crippen molar-refractivity contribution in [1.29, 1.82) is 0 Å². The summed E-state index contributed by atoms with van der Waals surface area (Å²) in [5.41, 5.74) is 0.578. The SMILES string of the molecule is Cn1cc(CC(C(=O)O)C2CCS(=O)(=O)C2)nn1. The Morgan fingerprint density at radius 2 is 2.39 bits per heavy atom. The molecule has 100 valence electrons. The number of hydrogen-bond donors (Lipinski definition) is 1. The van der Waals surface area contributed by atoms with Gasteiger partial charge in [-0.05, 0) is 12.3 Å². The summed E-state index contributed by atoms with van der Waals surface area (Å²) >= 11 is 0. The quantitative estimate of drug-likeness (QED) is 0.793. The van der Waals surface area contributed by atoms with Crippen molar-refractivity contribution in [2.45, 2.75) is 12.8 Å². The van der Waals surface area contributed by atoms with Crippen LogP contribution < -0.4 is 0 Å². The van der Waals surface area contributed by atoms with Crippen LogP contribution in [-0.4, -0.2) is 46.0 Å². The molecule has 0 amide bonds. The molecule has 2 rings (SSSR count). The van der Waals surface area contributed by atoms with Gasteiger partial charge in [-0.1, -0.05) is 5.21 Å². The van der Waals surface area contributed by atoms with Gasteiger partial charge in [0.25, 0.3) is 0 Å². The Morgan fingerprint density at radius 3 is 2.83 bits per heavy atom. The number of nitrogens with zero attached hydrogens (tertiary/aromatic N) is 3. The van der Waals surface area contributed by atoms with Crippen LogP contribution in [0.5, 0.6) is 0 Å². The number of rotatable bonds is 4. The fraction of sp³-hybridized carbons (Fsp3) is 0.700. The molecule has 0 saturated carbocycles. The summed E-state index contributed by atoms with van der Waals surface area (Å²) in [4.78, 5) is 11.3. The zero-order valence-corrected chi connectivity index (χ0v) is 10.8. The van der Waals surface area contributed by atoms with Crippen LogP contribution in [0, 0.1) is 11.8 Å². The second-order valence-corrected chi connectivity index (χ2v) is 6.92. The number of aliphatic carboxylic acids is 1. The molecule has 1 aromatic heterocycles. The molecule has 0 aliphatic carbocycles. The highest BCUT2D eigenvalue weighted by Gasteiger charge is 2.37. The maximum Gasteiger partial charge on any atom is 0.307 e. The molecule has 18 heavy (non-hydrogen) atoms. The highest BCUT2D eigenvalue weighted by Crippen LogP contribution is 2.28. The van der Waals surface area contributed by atoms with E-state index in [1.165, 1.54) is 4.68 Å². The number of carboxylic acid groups (broad SMARTS) is 1. The molecule has 2 atom stereocenters. The van der Waals surface area contributed by atoms with Crippen LogP contribution >= 0.6 is 0 Å². The van der Waals surface area contributed by atoms with Crippen molar-refractivity contribution in [3.8, 4) is 0 Å². The Hall–Kier alpha value is -1.44. The van der Waals surface area contributed by atoms with Crippen LogP contribution in [0.1, 0.15) is 12.1 Å². The van der Waals surface area contributed by atoms with E-state index in [2.05, 4.69) is 10.3 Å². The number of aromatic nitrogens is 3. The maximum absolute atomic E-state index is 11.4. The van der Waals surface area contributed by atoms with E-state index in [0.29, 0.717) is 12.1 Å². The van der Waals surface area contributed by atoms with Gasteiger partial charge < -0.3 is 5.11 Å². The van der Waals surface area contributed by atoms with Crippen molar-refractivity contribution < 1.29 is 18.3 Å². The van der Waals surface area contributed by atoms with Gasteiger partial charge in [0.15, 0.2) is 9.84 Å². The highest BCUT2D eigenvalue weighted by molar-refractivity contribution is 7.91. The smallest absolute Gasteiger partial charge is 0.307 e. The summed E-state index contributed by atoms with van der Waals surface area (Å²) in [5, 5.41) is 16.8. The van der Waals surface area contributed by atoms with Crippen molar-refractivity contribution >= 4 is 15.8 Å². The topological polar surface area (TPSA) is 102 Å². The minimum absolute atomic E-state index is 0.0375. The molecular weight excluding hydrogens is 258 g/mol. The van der Waals surface area contributed by atoms with Gasteiger partial charge in [-0.25, -0.2) is 8.42 Å². The third-order valence-corrected chi connectivity index (χ3v) is 5.03. The molecule has 1 aromatic rings. The lowest BCUT2D eigenvalue weighted by molar-refractivity contribution is -0.143. The molecule has 0 aromatic carbocycles. The van der Waals surface area contributed by atoms with Crippen LogP contribution in [0.15, 0.2) is 6.20 Å². The molecule has 0 radical (unpaired) electrons. The van der Waals surface area contributed by atoms with E-state index >= 15 is 0 Å². The molecule has 0 bridgehead atoms. The van der Waals surface area contributed by atoms with E-state index in [0.717, 1.165) is 0 Å². The Balaban J connectivity index is 2.12. The summed E-state index contributed by atoms with van der Waals surface area (Å²) < 4.78 is 24.3. The lowest BCUT2D eigenvalue weighted by Crippen LogP contribution is -2.26. The van der Waals surface area contributed by atoms with Gasteiger partial charge in [-0.2, -0.15) is 0 Å². The number of aryl methyl sites for hydroxylation is 1. The predicted molar refractivity (Wildman–Crippen MR) is 62.6 cm³/mol. The van der Waals surface area contributed by atoms with E-state index in [-0.39, 0.29) is 23.8 Å². The van der Waals surface area contributed by atoms with E-state index in [4.69, 9.17) is 0 Å². The van der Waals surface area contributed by atoms with Crippen molar-refractivity contribution in [3.63, 3.8) is 0 Å². The van der Waals surface area contributed by atoms with Gasteiger partial charge in [0.2, 0.25) is 0 Å². The highest BCUT2D eigenvalue weighted by atomic mass is 32.2. The minimum atomic E-state index is -3.07. The second kappa shape index (κ2) is 4.68. The molecule has 1 N–H and O–H groups in total. The first-order chi connectivity index (χ1) is 8.37. The van der Waals surface area contributed by atoms with Crippen LogP contribution in [0.4, 0.5) is 0 Å². The van der Waals surface area contributed by atoms with Gasteiger partial charge in [-0.3, -0.25) is 9.48 Å². The molecular formula is C10H15N3O4S. The number of sulfone groups is 1. The minimum Gasteiger partial charge on any atom is -0.481 e. The summed E-state index contributed by atoms with van der Waals surface area (Å²) in [6.07, 6.45) is 2.29.